The van der Waals surface area contributed by atoms with E-state index in [9.17, 15) is 9.18 Å². The molecule has 0 saturated heterocycles. The van der Waals surface area contributed by atoms with Gasteiger partial charge in [-0.3, -0.25) is 4.79 Å². The lowest BCUT2D eigenvalue weighted by molar-refractivity contribution is 0.0930. The fourth-order valence-electron chi connectivity index (χ4n) is 1.96. The quantitative estimate of drug-likeness (QED) is 0.828. The number of pyridine rings is 1. The van der Waals surface area contributed by atoms with Crippen molar-refractivity contribution in [2.24, 2.45) is 0 Å². The zero-order chi connectivity index (χ0) is 17.7. The minimum absolute atomic E-state index is 0.287. The Morgan fingerprint density at radius 3 is 2.79 bits per heavy atom. The number of anilines is 2. The van der Waals surface area contributed by atoms with E-state index in [0.717, 1.165) is 0 Å². The van der Waals surface area contributed by atoms with Crippen LogP contribution in [-0.2, 0) is 0 Å². The summed E-state index contributed by atoms with van der Waals surface area (Å²) in [5.41, 5.74) is -0.0911. The number of benzene rings is 1. The number of amides is 1. The lowest BCUT2D eigenvalue weighted by atomic mass is 10.1. The highest BCUT2D eigenvalue weighted by Crippen LogP contribution is 2.24. The molecule has 0 radical (unpaired) electrons. The number of hydrogen-bond acceptors (Lipinski definition) is 4. The van der Waals surface area contributed by atoms with Crippen molar-refractivity contribution in [2.75, 3.05) is 12.4 Å². The topological polar surface area (TPSA) is 63.2 Å². The van der Waals surface area contributed by atoms with Crippen molar-refractivity contribution >= 4 is 17.4 Å². The molecule has 24 heavy (non-hydrogen) atoms. The molecular weight excluding hydrogens is 309 g/mol. The van der Waals surface area contributed by atoms with Crippen LogP contribution in [0.25, 0.3) is 0 Å². The van der Waals surface area contributed by atoms with Gasteiger partial charge in [0.25, 0.3) is 5.91 Å². The second-order valence-electron chi connectivity index (χ2n) is 5.63. The van der Waals surface area contributed by atoms with Gasteiger partial charge in [-0.15, -0.1) is 6.42 Å². The van der Waals surface area contributed by atoms with Gasteiger partial charge in [-0.25, -0.2) is 9.37 Å². The third-order valence-electron chi connectivity index (χ3n) is 3.21. The van der Waals surface area contributed by atoms with Gasteiger partial charge in [0, 0.05) is 24.0 Å². The van der Waals surface area contributed by atoms with Gasteiger partial charge in [-0.1, -0.05) is 5.92 Å². The summed E-state index contributed by atoms with van der Waals surface area (Å²) >= 11 is 0. The lowest BCUT2D eigenvalue weighted by Gasteiger charge is -2.20. The van der Waals surface area contributed by atoms with Crippen LogP contribution in [0.2, 0.25) is 0 Å². The summed E-state index contributed by atoms with van der Waals surface area (Å²) in [5, 5.41) is 5.66. The van der Waals surface area contributed by atoms with Crippen LogP contribution in [0.1, 0.15) is 24.2 Å². The minimum atomic E-state index is -0.799. The number of nitrogens with one attached hydrogen (secondary N) is 2. The van der Waals surface area contributed by atoms with Crippen molar-refractivity contribution < 1.29 is 13.9 Å². The van der Waals surface area contributed by atoms with Gasteiger partial charge in [0.05, 0.1) is 18.2 Å². The Kier molecular flexibility index (Phi) is 5.05. The van der Waals surface area contributed by atoms with Gasteiger partial charge in [-0.2, -0.15) is 0 Å². The average molecular weight is 327 g/mol. The average Bonchev–Trinajstić information content (AvgIpc) is 2.54. The summed E-state index contributed by atoms with van der Waals surface area (Å²) < 4.78 is 18.6. The van der Waals surface area contributed by atoms with Gasteiger partial charge < -0.3 is 15.4 Å². The summed E-state index contributed by atoms with van der Waals surface area (Å²) in [6.45, 7) is 3.43. The zero-order valence-electron chi connectivity index (χ0n) is 13.7. The molecule has 2 N–H and O–H groups in total. The first-order valence-electron chi connectivity index (χ1n) is 7.21. The van der Waals surface area contributed by atoms with E-state index in [1.165, 1.54) is 25.4 Å². The van der Waals surface area contributed by atoms with E-state index >= 15 is 0 Å². The van der Waals surface area contributed by atoms with Crippen LogP contribution in [0.15, 0.2) is 36.5 Å². The summed E-state index contributed by atoms with van der Waals surface area (Å²) in [6, 6.07) is 7.38. The summed E-state index contributed by atoms with van der Waals surface area (Å²) in [7, 11) is 1.44. The number of carbonyl (C=O) groups is 1. The zero-order valence-corrected chi connectivity index (χ0v) is 13.7. The lowest BCUT2D eigenvalue weighted by Crippen LogP contribution is -2.42. The molecule has 124 valence electrons. The van der Waals surface area contributed by atoms with Crippen LogP contribution in [0, 0.1) is 18.2 Å². The molecule has 0 saturated carbocycles. The van der Waals surface area contributed by atoms with Gasteiger partial charge in [0.1, 0.15) is 17.4 Å². The van der Waals surface area contributed by atoms with Crippen LogP contribution in [0.5, 0.6) is 5.75 Å². The Morgan fingerprint density at radius 2 is 2.12 bits per heavy atom. The highest BCUT2D eigenvalue weighted by atomic mass is 19.1. The molecule has 0 bridgehead atoms. The maximum atomic E-state index is 13.6. The van der Waals surface area contributed by atoms with Crippen molar-refractivity contribution in [3.8, 4) is 18.1 Å². The molecule has 0 unspecified atom stereocenters. The molecule has 1 aromatic heterocycles. The predicted octanol–water partition coefficient (Wildman–Crippen LogP) is 3.11. The molecule has 0 aliphatic carbocycles. The number of terminal acetylenes is 1. The number of methoxy groups -OCH3 is 1. The minimum Gasteiger partial charge on any atom is -0.497 e. The number of nitrogens with zero attached hydrogens (tertiary/aromatic N) is 1. The first-order valence-corrected chi connectivity index (χ1v) is 7.21. The Bertz CT molecular complexity index is 797. The second-order valence-corrected chi connectivity index (χ2v) is 5.63. The smallest absolute Gasteiger partial charge is 0.256 e. The molecule has 0 aliphatic heterocycles. The van der Waals surface area contributed by atoms with Gasteiger partial charge in [0.15, 0.2) is 0 Å². The number of ether oxygens (including phenoxy) is 1. The Balaban J connectivity index is 2.31. The highest BCUT2D eigenvalue weighted by Gasteiger charge is 2.20. The van der Waals surface area contributed by atoms with Gasteiger partial charge in [0.2, 0.25) is 0 Å². The maximum Gasteiger partial charge on any atom is 0.256 e. The molecule has 1 amide bonds. The Hall–Kier alpha value is -3.07. The van der Waals surface area contributed by atoms with E-state index in [2.05, 4.69) is 21.5 Å². The van der Waals surface area contributed by atoms with Crippen molar-refractivity contribution in [2.45, 2.75) is 19.4 Å². The molecule has 0 atom stereocenters. The number of rotatable bonds is 5. The highest BCUT2D eigenvalue weighted by molar-refractivity contribution is 5.99. The van der Waals surface area contributed by atoms with Crippen molar-refractivity contribution in [3.63, 3.8) is 0 Å². The number of halogens is 1. The molecule has 2 aromatic rings. The first kappa shape index (κ1) is 17.3. The van der Waals surface area contributed by atoms with Crippen LogP contribution in [0.3, 0.4) is 0 Å². The SMILES string of the molecule is C#CC(C)(C)NC(=O)c1cccnc1Nc1cc(F)cc(OC)c1. The maximum absolute atomic E-state index is 13.6. The molecule has 0 fully saturated rings. The second kappa shape index (κ2) is 7.01. The molecule has 5 nitrogen and oxygen atoms in total. The largest absolute Gasteiger partial charge is 0.497 e. The van der Waals surface area contributed by atoms with Crippen LogP contribution >= 0.6 is 0 Å². The van der Waals surface area contributed by atoms with Crippen molar-refractivity contribution in [3.05, 3.63) is 47.9 Å². The molecule has 1 heterocycles. The Morgan fingerprint density at radius 1 is 1.38 bits per heavy atom. The van der Waals surface area contributed by atoms with Crippen molar-refractivity contribution in [1.29, 1.82) is 0 Å². The van der Waals surface area contributed by atoms with Crippen molar-refractivity contribution in [1.82, 2.24) is 10.3 Å². The molecule has 2 rings (SSSR count). The number of aromatic nitrogens is 1. The molecule has 0 aliphatic rings. The van der Waals surface area contributed by atoms with E-state index in [1.807, 2.05) is 0 Å². The van der Waals surface area contributed by atoms with E-state index in [-0.39, 0.29) is 11.7 Å². The van der Waals surface area contributed by atoms with Crippen LogP contribution in [0.4, 0.5) is 15.9 Å². The van der Waals surface area contributed by atoms with E-state index in [4.69, 9.17) is 11.2 Å². The molecule has 0 spiro atoms. The van der Waals surface area contributed by atoms with E-state index in [0.29, 0.717) is 17.0 Å². The van der Waals surface area contributed by atoms with Crippen LogP contribution < -0.4 is 15.4 Å². The third-order valence-corrected chi connectivity index (χ3v) is 3.21. The van der Waals surface area contributed by atoms with E-state index < -0.39 is 11.4 Å². The standard InChI is InChI=1S/C18H18FN3O2/c1-5-18(2,3)22-17(23)15-7-6-8-20-16(15)21-13-9-12(19)10-14(11-13)24-4/h1,6-11H,2-4H3,(H,20,21)(H,22,23). The summed E-state index contributed by atoms with van der Waals surface area (Å²) in [5.74, 6) is 2.29. The molecule has 1 aromatic carbocycles. The fourth-order valence-corrected chi connectivity index (χ4v) is 1.96. The molecule has 6 heteroatoms. The number of carbonyl (C=O) groups excluding carboxylic acids is 1. The van der Waals surface area contributed by atoms with E-state index in [1.54, 1.807) is 32.0 Å². The molecular formula is C18H18FN3O2. The summed E-state index contributed by atoms with van der Waals surface area (Å²) in [6.07, 6.45) is 6.92. The predicted molar refractivity (Wildman–Crippen MR) is 90.8 cm³/mol. The summed E-state index contributed by atoms with van der Waals surface area (Å²) in [4.78, 5) is 16.6. The first-order chi connectivity index (χ1) is 11.3. The van der Waals surface area contributed by atoms with Crippen LogP contribution in [-0.4, -0.2) is 23.5 Å². The third kappa shape index (κ3) is 4.23. The number of hydrogen-bond donors (Lipinski definition) is 2. The van der Waals surface area contributed by atoms with Gasteiger partial charge in [-0.05, 0) is 32.0 Å². The van der Waals surface area contributed by atoms with Gasteiger partial charge >= 0.3 is 0 Å². The Labute approximate surface area is 140 Å². The fraction of sp³-hybridized carbons (Fsp3) is 0.222. The normalized spacial score (nSPS) is 10.6. The monoisotopic (exact) mass is 327 g/mol.